The Morgan fingerprint density at radius 1 is 1.50 bits per heavy atom. The Hall–Kier alpha value is -2.44. The highest BCUT2D eigenvalue weighted by molar-refractivity contribution is 5.95. The lowest BCUT2D eigenvalue weighted by Crippen LogP contribution is -2.32. The number of methoxy groups -OCH3 is 1. The third kappa shape index (κ3) is 3.24. The predicted molar refractivity (Wildman–Crippen MR) is 80.0 cm³/mol. The lowest BCUT2D eigenvalue weighted by Gasteiger charge is -2.14. The van der Waals surface area contributed by atoms with Gasteiger partial charge in [0.1, 0.15) is 17.8 Å². The molecule has 22 heavy (non-hydrogen) atoms. The van der Waals surface area contributed by atoms with Crippen LogP contribution in [-0.4, -0.2) is 39.3 Å². The topological polar surface area (TPSA) is 81.9 Å². The number of carbonyl (C=O) groups is 1. The Kier molecular flexibility index (Phi) is 4.04. The minimum absolute atomic E-state index is 0.0925. The summed E-state index contributed by atoms with van der Waals surface area (Å²) in [5.74, 6) is 1.29. The quantitative estimate of drug-likeness (QED) is 0.876. The van der Waals surface area contributed by atoms with Gasteiger partial charge in [0.15, 0.2) is 0 Å². The maximum absolute atomic E-state index is 12.4. The second-order valence-corrected chi connectivity index (χ2v) is 5.69. The van der Waals surface area contributed by atoms with Crippen LogP contribution in [0.5, 0.6) is 5.75 Å². The first-order chi connectivity index (χ1) is 10.7. The van der Waals surface area contributed by atoms with Crippen LogP contribution in [0.1, 0.15) is 36.5 Å². The zero-order valence-electron chi connectivity index (χ0n) is 12.7. The van der Waals surface area contributed by atoms with Crippen molar-refractivity contribution in [3.63, 3.8) is 0 Å². The first kappa shape index (κ1) is 14.5. The zero-order valence-corrected chi connectivity index (χ0v) is 12.7. The summed E-state index contributed by atoms with van der Waals surface area (Å²) < 4.78 is 6.77. The lowest BCUT2D eigenvalue weighted by atomic mass is 10.1. The number of nitrogens with zero attached hydrogens (tertiary/aromatic N) is 4. The van der Waals surface area contributed by atoms with Gasteiger partial charge in [-0.05, 0) is 47.9 Å². The van der Waals surface area contributed by atoms with E-state index in [1.54, 1.807) is 25.3 Å². The summed E-state index contributed by atoms with van der Waals surface area (Å²) in [5, 5.41) is 14.1. The van der Waals surface area contributed by atoms with Crippen LogP contribution in [0.25, 0.3) is 5.69 Å². The Morgan fingerprint density at radius 2 is 2.32 bits per heavy atom. The van der Waals surface area contributed by atoms with E-state index < -0.39 is 0 Å². The van der Waals surface area contributed by atoms with Crippen LogP contribution in [0.4, 0.5) is 0 Å². The average molecular weight is 301 g/mol. The number of aromatic nitrogens is 4. The van der Waals surface area contributed by atoms with Crippen molar-refractivity contribution in [2.24, 2.45) is 5.92 Å². The van der Waals surface area contributed by atoms with Crippen LogP contribution in [0, 0.1) is 5.92 Å². The van der Waals surface area contributed by atoms with Gasteiger partial charge in [-0.1, -0.05) is 12.8 Å². The molecule has 1 atom stereocenters. The van der Waals surface area contributed by atoms with E-state index in [0.717, 1.165) is 12.3 Å². The summed E-state index contributed by atoms with van der Waals surface area (Å²) in [4.78, 5) is 12.4. The van der Waals surface area contributed by atoms with E-state index in [-0.39, 0.29) is 11.9 Å². The van der Waals surface area contributed by atoms with Gasteiger partial charge in [-0.15, -0.1) is 5.10 Å². The van der Waals surface area contributed by atoms with Gasteiger partial charge in [0.25, 0.3) is 5.91 Å². The van der Waals surface area contributed by atoms with Crippen molar-refractivity contribution in [2.75, 3.05) is 7.11 Å². The van der Waals surface area contributed by atoms with Crippen molar-refractivity contribution in [2.45, 2.75) is 32.2 Å². The summed E-state index contributed by atoms with van der Waals surface area (Å²) in [7, 11) is 1.57. The molecular formula is C15H19N5O2. The molecule has 0 saturated heterocycles. The van der Waals surface area contributed by atoms with E-state index in [1.807, 2.05) is 6.92 Å². The van der Waals surface area contributed by atoms with Crippen LogP contribution in [-0.2, 0) is 0 Å². The zero-order chi connectivity index (χ0) is 15.5. The van der Waals surface area contributed by atoms with Crippen molar-refractivity contribution >= 4 is 5.91 Å². The number of ether oxygens (including phenoxy) is 1. The van der Waals surface area contributed by atoms with Crippen LogP contribution in [0.3, 0.4) is 0 Å². The Bertz CT molecular complexity index is 652. The minimum Gasteiger partial charge on any atom is -0.494 e. The van der Waals surface area contributed by atoms with Gasteiger partial charge < -0.3 is 10.1 Å². The fourth-order valence-corrected chi connectivity index (χ4v) is 2.50. The molecule has 0 bridgehead atoms. The Balaban J connectivity index is 1.78. The normalized spacial score (nSPS) is 15.4. The molecule has 1 aliphatic rings. The first-order valence-corrected chi connectivity index (χ1v) is 7.39. The number of rotatable bonds is 6. The molecule has 0 spiro atoms. The molecule has 116 valence electrons. The van der Waals surface area contributed by atoms with Crippen molar-refractivity contribution in [3.8, 4) is 11.4 Å². The monoisotopic (exact) mass is 301 g/mol. The van der Waals surface area contributed by atoms with Crippen LogP contribution in [0.15, 0.2) is 24.5 Å². The van der Waals surface area contributed by atoms with E-state index in [4.69, 9.17) is 4.74 Å². The van der Waals surface area contributed by atoms with E-state index in [9.17, 15) is 4.79 Å². The third-order valence-electron chi connectivity index (χ3n) is 3.80. The number of hydrogen-bond donors (Lipinski definition) is 1. The highest BCUT2D eigenvalue weighted by atomic mass is 16.5. The molecule has 1 aromatic carbocycles. The number of amides is 1. The summed E-state index contributed by atoms with van der Waals surface area (Å²) in [6.07, 6.45) is 5.08. The van der Waals surface area contributed by atoms with Gasteiger partial charge in [0.2, 0.25) is 0 Å². The summed E-state index contributed by atoms with van der Waals surface area (Å²) >= 11 is 0. The number of carbonyl (C=O) groups excluding carboxylic acids is 1. The highest BCUT2D eigenvalue weighted by Crippen LogP contribution is 2.33. The molecule has 1 fully saturated rings. The van der Waals surface area contributed by atoms with E-state index in [2.05, 4.69) is 20.8 Å². The van der Waals surface area contributed by atoms with Gasteiger partial charge in [-0.2, -0.15) is 4.68 Å². The van der Waals surface area contributed by atoms with Gasteiger partial charge >= 0.3 is 0 Å². The number of hydrogen-bond acceptors (Lipinski definition) is 5. The van der Waals surface area contributed by atoms with E-state index in [0.29, 0.717) is 17.0 Å². The summed E-state index contributed by atoms with van der Waals surface area (Å²) in [6, 6.07) is 5.40. The van der Waals surface area contributed by atoms with Crippen LogP contribution < -0.4 is 10.1 Å². The molecule has 7 nitrogen and oxygen atoms in total. The molecule has 1 aliphatic carbocycles. The second kappa shape index (κ2) is 6.13. The molecule has 1 amide bonds. The number of nitrogens with one attached hydrogen (secondary N) is 1. The molecule has 1 unspecified atom stereocenters. The standard InChI is InChI=1S/C15H19N5O2/c1-10(7-11-3-4-11)17-15(21)12-5-6-14(22-2)13(8-12)20-9-16-18-19-20/h5-6,8-11H,3-4,7H2,1-2H3,(H,17,21). The molecule has 1 N–H and O–H groups in total. The highest BCUT2D eigenvalue weighted by Gasteiger charge is 2.24. The first-order valence-electron chi connectivity index (χ1n) is 7.39. The average Bonchev–Trinajstić information content (AvgIpc) is 3.16. The predicted octanol–water partition coefficient (Wildman–Crippen LogP) is 1.59. The smallest absolute Gasteiger partial charge is 0.251 e. The van der Waals surface area contributed by atoms with Gasteiger partial charge in [0, 0.05) is 11.6 Å². The summed E-state index contributed by atoms with van der Waals surface area (Å²) in [5.41, 5.74) is 1.20. The Morgan fingerprint density at radius 3 is 2.95 bits per heavy atom. The van der Waals surface area contributed by atoms with Crippen molar-refractivity contribution in [1.29, 1.82) is 0 Å². The van der Waals surface area contributed by atoms with Crippen molar-refractivity contribution < 1.29 is 9.53 Å². The van der Waals surface area contributed by atoms with Gasteiger partial charge in [0.05, 0.1) is 7.11 Å². The maximum atomic E-state index is 12.4. The molecule has 1 heterocycles. The van der Waals surface area contributed by atoms with Crippen LogP contribution >= 0.6 is 0 Å². The largest absolute Gasteiger partial charge is 0.494 e. The molecule has 3 rings (SSSR count). The molecule has 0 radical (unpaired) electrons. The van der Waals surface area contributed by atoms with E-state index in [1.165, 1.54) is 23.9 Å². The minimum atomic E-state index is -0.0925. The summed E-state index contributed by atoms with van der Waals surface area (Å²) in [6.45, 7) is 2.04. The molecular weight excluding hydrogens is 282 g/mol. The van der Waals surface area contributed by atoms with Crippen LogP contribution in [0.2, 0.25) is 0 Å². The number of benzene rings is 1. The van der Waals surface area contributed by atoms with Crippen molar-refractivity contribution in [3.05, 3.63) is 30.1 Å². The SMILES string of the molecule is COc1ccc(C(=O)NC(C)CC2CC2)cc1-n1cnnn1. The molecule has 1 aromatic heterocycles. The van der Waals surface area contributed by atoms with E-state index >= 15 is 0 Å². The lowest BCUT2D eigenvalue weighted by molar-refractivity contribution is 0.0937. The molecule has 7 heteroatoms. The van der Waals surface area contributed by atoms with Crippen molar-refractivity contribution in [1.82, 2.24) is 25.5 Å². The van der Waals surface area contributed by atoms with Gasteiger partial charge in [-0.3, -0.25) is 4.79 Å². The third-order valence-corrected chi connectivity index (χ3v) is 3.80. The molecule has 1 saturated carbocycles. The fraction of sp³-hybridized carbons (Fsp3) is 0.467. The second-order valence-electron chi connectivity index (χ2n) is 5.69. The maximum Gasteiger partial charge on any atom is 0.251 e. The Labute approximate surface area is 128 Å². The molecule has 2 aromatic rings. The molecule has 0 aliphatic heterocycles. The fourth-order valence-electron chi connectivity index (χ4n) is 2.50. The number of tetrazole rings is 1. The van der Waals surface area contributed by atoms with Gasteiger partial charge in [-0.25, -0.2) is 0 Å².